The number of hydrogen-bond donors (Lipinski definition) is 0. The molecule has 0 N–H and O–H groups in total. The van der Waals surface area contributed by atoms with Gasteiger partial charge in [0.1, 0.15) is 11.4 Å². The fraction of sp³-hybridized carbons (Fsp3) is 0.857. The van der Waals surface area contributed by atoms with Gasteiger partial charge in [-0.1, -0.05) is 0 Å². The molecule has 0 aromatic rings. The Labute approximate surface area is 109 Å². The van der Waals surface area contributed by atoms with Crippen molar-refractivity contribution < 1.29 is 14.3 Å². The van der Waals surface area contributed by atoms with Gasteiger partial charge in [0.15, 0.2) is 0 Å². The van der Waals surface area contributed by atoms with Crippen LogP contribution in [0.1, 0.15) is 59.3 Å². The highest BCUT2D eigenvalue weighted by molar-refractivity contribution is 5.82. The third-order valence-corrected chi connectivity index (χ3v) is 3.83. The number of hydrogen-bond acceptors (Lipinski definition) is 3. The van der Waals surface area contributed by atoms with Gasteiger partial charge in [-0.05, 0) is 46.5 Å². The molecule has 1 heterocycles. The van der Waals surface area contributed by atoms with Crippen molar-refractivity contribution in [2.24, 2.45) is 0 Å². The van der Waals surface area contributed by atoms with E-state index in [1.165, 1.54) is 0 Å². The quantitative estimate of drug-likeness (QED) is 0.667. The van der Waals surface area contributed by atoms with E-state index in [9.17, 15) is 9.59 Å². The predicted molar refractivity (Wildman–Crippen MR) is 68.4 cm³/mol. The van der Waals surface area contributed by atoms with Crippen molar-refractivity contribution >= 4 is 11.9 Å². The van der Waals surface area contributed by atoms with Gasteiger partial charge in [0.2, 0.25) is 0 Å². The molecule has 1 saturated heterocycles. The van der Waals surface area contributed by atoms with E-state index in [1.807, 2.05) is 25.7 Å². The van der Waals surface area contributed by atoms with Crippen molar-refractivity contribution in [1.29, 1.82) is 0 Å². The van der Waals surface area contributed by atoms with Crippen LogP contribution in [-0.2, 0) is 9.53 Å². The Kier molecular flexibility index (Phi) is 3.39. The predicted octanol–water partition coefficient (Wildman–Crippen LogP) is 2.90. The molecule has 2 fully saturated rings. The summed E-state index contributed by atoms with van der Waals surface area (Å²) >= 11 is 0. The lowest BCUT2D eigenvalue weighted by Crippen LogP contribution is -2.51. The lowest BCUT2D eigenvalue weighted by atomic mass is 9.79. The third kappa shape index (κ3) is 2.68. The van der Waals surface area contributed by atoms with E-state index in [0.717, 1.165) is 32.2 Å². The van der Waals surface area contributed by atoms with Gasteiger partial charge in [-0.25, -0.2) is 4.79 Å². The molecule has 0 aromatic carbocycles. The molecule has 1 saturated carbocycles. The average molecular weight is 253 g/mol. The van der Waals surface area contributed by atoms with Crippen molar-refractivity contribution in [3.63, 3.8) is 0 Å². The zero-order valence-corrected chi connectivity index (χ0v) is 11.6. The Morgan fingerprint density at radius 1 is 1.28 bits per heavy atom. The molecule has 1 atom stereocenters. The van der Waals surface area contributed by atoms with Crippen molar-refractivity contribution in [3.8, 4) is 0 Å². The molecule has 0 unspecified atom stereocenters. The van der Waals surface area contributed by atoms with Gasteiger partial charge in [0.05, 0.1) is 5.54 Å². The van der Waals surface area contributed by atoms with E-state index in [4.69, 9.17) is 4.74 Å². The molecule has 0 bridgehead atoms. The number of amides is 1. The molecule has 4 nitrogen and oxygen atoms in total. The molecule has 2 rings (SSSR count). The molecule has 102 valence electrons. The van der Waals surface area contributed by atoms with Crippen molar-refractivity contribution in [1.82, 2.24) is 4.90 Å². The van der Waals surface area contributed by atoms with E-state index in [0.29, 0.717) is 12.8 Å². The Bertz CT molecular complexity index is 359. The second kappa shape index (κ2) is 4.56. The Morgan fingerprint density at radius 2 is 1.94 bits per heavy atom. The number of ether oxygens (including phenoxy) is 1. The molecular formula is C14H23NO3. The first-order valence-electron chi connectivity index (χ1n) is 6.85. The summed E-state index contributed by atoms with van der Waals surface area (Å²) in [7, 11) is 0. The van der Waals surface area contributed by atoms with Gasteiger partial charge in [-0.2, -0.15) is 0 Å². The molecular weight excluding hydrogens is 230 g/mol. The lowest BCUT2D eigenvalue weighted by molar-refractivity contribution is -0.123. The van der Waals surface area contributed by atoms with Crippen molar-refractivity contribution in [2.45, 2.75) is 70.4 Å². The van der Waals surface area contributed by atoms with Crippen LogP contribution in [-0.4, -0.2) is 34.5 Å². The standard InChI is InChI=1S/C14H23NO3/c1-13(2,3)18-12(17)15-9-5-8-14(15)7-4-6-11(16)10-14/h4-10H2,1-3H3/t14-/m1/s1. The van der Waals surface area contributed by atoms with Gasteiger partial charge < -0.3 is 9.64 Å². The lowest BCUT2D eigenvalue weighted by Gasteiger charge is -2.41. The van der Waals surface area contributed by atoms with Crippen LogP contribution in [0.15, 0.2) is 0 Å². The number of Topliss-reactive ketones (excluding diaryl/α,β-unsaturated/α-hetero) is 1. The number of carbonyl (C=O) groups is 2. The maximum absolute atomic E-state index is 12.2. The van der Waals surface area contributed by atoms with Gasteiger partial charge in [0, 0.05) is 19.4 Å². The summed E-state index contributed by atoms with van der Waals surface area (Å²) in [6.07, 6.45) is 4.70. The van der Waals surface area contributed by atoms with Crippen LogP contribution in [0, 0.1) is 0 Å². The molecule has 1 amide bonds. The SMILES string of the molecule is CC(C)(C)OC(=O)N1CCC[C@@]12CCCC(=O)C2. The summed E-state index contributed by atoms with van der Waals surface area (Å²) in [6.45, 7) is 6.35. The second-order valence-corrected chi connectivity index (χ2v) is 6.53. The first-order chi connectivity index (χ1) is 8.32. The highest BCUT2D eigenvalue weighted by Crippen LogP contribution is 2.41. The van der Waals surface area contributed by atoms with Crippen LogP contribution in [0.2, 0.25) is 0 Å². The molecule has 0 radical (unpaired) electrons. The van der Waals surface area contributed by atoms with Crippen LogP contribution >= 0.6 is 0 Å². The minimum Gasteiger partial charge on any atom is -0.444 e. The summed E-state index contributed by atoms with van der Waals surface area (Å²) in [6, 6.07) is 0. The summed E-state index contributed by atoms with van der Waals surface area (Å²) in [5.74, 6) is 0.289. The molecule has 4 heteroatoms. The van der Waals surface area contributed by atoms with Crippen molar-refractivity contribution in [3.05, 3.63) is 0 Å². The summed E-state index contributed by atoms with van der Waals surface area (Å²) in [5, 5.41) is 0. The normalized spacial score (nSPS) is 28.8. The number of nitrogens with zero attached hydrogens (tertiary/aromatic N) is 1. The molecule has 0 aromatic heterocycles. The molecule has 18 heavy (non-hydrogen) atoms. The van der Waals surface area contributed by atoms with E-state index in [2.05, 4.69) is 0 Å². The van der Waals surface area contributed by atoms with Gasteiger partial charge >= 0.3 is 6.09 Å². The number of ketones is 1. The fourth-order valence-electron chi connectivity index (χ4n) is 3.14. The van der Waals surface area contributed by atoms with E-state index >= 15 is 0 Å². The first-order valence-corrected chi connectivity index (χ1v) is 6.85. The second-order valence-electron chi connectivity index (χ2n) is 6.53. The molecule has 1 aliphatic heterocycles. The number of rotatable bonds is 0. The maximum atomic E-state index is 12.2. The van der Waals surface area contributed by atoms with Gasteiger partial charge in [-0.3, -0.25) is 4.79 Å². The molecule has 1 aliphatic carbocycles. The minimum absolute atomic E-state index is 0.238. The smallest absolute Gasteiger partial charge is 0.410 e. The Hall–Kier alpha value is -1.06. The largest absolute Gasteiger partial charge is 0.444 e. The summed E-state index contributed by atoms with van der Waals surface area (Å²) in [4.78, 5) is 25.7. The average Bonchev–Trinajstić information content (AvgIpc) is 2.58. The first kappa shape index (κ1) is 13.4. The van der Waals surface area contributed by atoms with E-state index in [-0.39, 0.29) is 17.4 Å². The van der Waals surface area contributed by atoms with Crippen molar-refractivity contribution in [2.75, 3.05) is 6.54 Å². The number of likely N-dealkylation sites (tertiary alicyclic amines) is 1. The summed E-state index contributed by atoms with van der Waals surface area (Å²) < 4.78 is 5.46. The highest BCUT2D eigenvalue weighted by atomic mass is 16.6. The highest BCUT2D eigenvalue weighted by Gasteiger charge is 2.47. The molecule has 2 aliphatic rings. The molecule has 1 spiro atoms. The topological polar surface area (TPSA) is 46.6 Å². The van der Waals surface area contributed by atoms with Gasteiger partial charge in [-0.15, -0.1) is 0 Å². The zero-order valence-electron chi connectivity index (χ0n) is 11.6. The van der Waals surface area contributed by atoms with Crippen LogP contribution < -0.4 is 0 Å². The van der Waals surface area contributed by atoms with Crippen LogP contribution in [0.4, 0.5) is 4.79 Å². The van der Waals surface area contributed by atoms with Crippen LogP contribution in [0.3, 0.4) is 0 Å². The zero-order chi connectivity index (χ0) is 13.4. The maximum Gasteiger partial charge on any atom is 0.410 e. The summed E-state index contributed by atoms with van der Waals surface area (Å²) in [5.41, 5.74) is -0.711. The third-order valence-electron chi connectivity index (χ3n) is 3.83. The van der Waals surface area contributed by atoms with Gasteiger partial charge in [0.25, 0.3) is 0 Å². The van der Waals surface area contributed by atoms with Crippen LogP contribution in [0.25, 0.3) is 0 Å². The Balaban J connectivity index is 2.11. The van der Waals surface area contributed by atoms with Crippen LogP contribution in [0.5, 0.6) is 0 Å². The number of carbonyl (C=O) groups excluding carboxylic acids is 2. The Morgan fingerprint density at radius 3 is 2.56 bits per heavy atom. The monoisotopic (exact) mass is 253 g/mol. The minimum atomic E-state index is -0.473. The van der Waals surface area contributed by atoms with E-state index in [1.54, 1.807) is 0 Å². The van der Waals surface area contributed by atoms with E-state index < -0.39 is 5.60 Å². The fourth-order valence-corrected chi connectivity index (χ4v) is 3.14.